The average Bonchev–Trinajstić information content (AvgIpc) is 3.29. The van der Waals surface area contributed by atoms with Gasteiger partial charge in [0.25, 0.3) is 5.91 Å². The zero-order chi connectivity index (χ0) is 20.2. The molecule has 0 saturated carbocycles. The van der Waals surface area contributed by atoms with Gasteiger partial charge in [-0.1, -0.05) is 24.3 Å². The molecule has 1 aliphatic rings. The van der Waals surface area contributed by atoms with E-state index >= 15 is 0 Å². The maximum absolute atomic E-state index is 14.6. The van der Waals surface area contributed by atoms with Gasteiger partial charge in [0.05, 0.1) is 29.3 Å². The van der Waals surface area contributed by atoms with E-state index in [2.05, 4.69) is 5.32 Å². The van der Waals surface area contributed by atoms with Crippen LogP contribution in [0.1, 0.15) is 25.6 Å². The molecule has 1 saturated heterocycles. The van der Waals surface area contributed by atoms with Crippen molar-refractivity contribution < 1.29 is 18.7 Å². The number of morpholine rings is 1. The molecule has 0 aliphatic carbocycles. The molecule has 1 N–H and O–H groups in total. The Morgan fingerprint density at radius 1 is 1.00 bits per heavy atom. The van der Waals surface area contributed by atoms with Crippen LogP contribution in [0.3, 0.4) is 0 Å². The Balaban J connectivity index is 1.54. The summed E-state index contributed by atoms with van der Waals surface area (Å²) in [5.41, 5.74) is 1.39. The van der Waals surface area contributed by atoms with Crippen molar-refractivity contribution >= 4 is 34.4 Å². The molecule has 0 unspecified atom stereocenters. The molecule has 2 aromatic carbocycles. The highest BCUT2D eigenvalue weighted by Crippen LogP contribution is 2.25. The number of amides is 1. The summed E-state index contributed by atoms with van der Waals surface area (Å²) in [6.07, 6.45) is 0. The van der Waals surface area contributed by atoms with Crippen molar-refractivity contribution in [2.45, 2.75) is 0 Å². The first-order valence-corrected chi connectivity index (χ1v) is 10.1. The van der Waals surface area contributed by atoms with Crippen molar-refractivity contribution in [1.82, 2.24) is 0 Å². The van der Waals surface area contributed by atoms with Crippen LogP contribution in [-0.4, -0.2) is 38.0 Å². The molecule has 0 radical (unpaired) electrons. The molecule has 29 heavy (non-hydrogen) atoms. The molecule has 0 spiro atoms. The molecule has 7 heteroatoms. The van der Waals surface area contributed by atoms with Gasteiger partial charge in [0.2, 0.25) is 5.78 Å². The number of hydrogen-bond donors (Lipinski definition) is 1. The Labute approximate surface area is 171 Å². The van der Waals surface area contributed by atoms with Crippen molar-refractivity contribution in [2.75, 3.05) is 36.5 Å². The maximum atomic E-state index is 14.6. The molecule has 0 atom stereocenters. The van der Waals surface area contributed by atoms with Gasteiger partial charge in [-0.3, -0.25) is 9.59 Å². The van der Waals surface area contributed by atoms with Gasteiger partial charge in [0.15, 0.2) is 0 Å². The van der Waals surface area contributed by atoms with Crippen LogP contribution in [0, 0.1) is 5.82 Å². The summed E-state index contributed by atoms with van der Waals surface area (Å²) in [5, 5.41) is 4.51. The molecule has 0 bridgehead atoms. The Kier molecular flexibility index (Phi) is 5.69. The zero-order valence-corrected chi connectivity index (χ0v) is 16.4. The Bertz CT molecular complexity index is 1030. The smallest absolute Gasteiger partial charge is 0.256 e. The van der Waals surface area contributed by atoms with Crippen molar-refractivity contribution in [3.8, 4) is 0 Å². The second-order valence-corrected chi connectivity index (χ2v) is 7.52. The van der Waals surface area contributed by atoms with Crippen molar-refractivity contribution in [3.05, 3.63) is 81.8 Å². The fourth-order valence-corrected chi connectivity index (χ4v) is 3.94. The van der Waals surface area contributed by atoms with E-state index in [1.807, 2.05) is 10.3 Å². The largest absolute Gasteiger partial charge is 0.378 e. The highest BCUT2D eigenvalue weighted by molar-refractivity contribution is 7.12. The quantitative estimate of drug-likeness (QED) is 0.641. The Morgan fingerprint density at radius 2 is 1.76 bits per heavy atom. The Hall–Kier alpha value is -3.03. The number of thiophene rings is 1. The molecule has 1 amide bonds. The van der Waals surface area contributed by atoms with E-state index in [0.717, 1.165) is 0 Å². The molecule has 148 valence electrons. The summed E-state index contributed by atoms with van der Waals surface area (Å²) in [4.78, 5) is 28.0. The number of benzene rings is 2. The Morgan fingerprint density at radius 3 is 2.45 bits per heavy atom. The second-order valence-electron chi connectivity index (χ2n) is 6.57. The zero-order valence-electron chi connectivity index (χ0n) is 15.6. The number of anilines is 2. The minimum atomic E-state index is -0.455. The first kappa shape index (κ1) is 19.3. The normalized spacial score (nSPS) is 13.9. The fraction of sp³-hybridized carbons (Fsp3) is 0.182. The standard InChI is InChI=1S/C22H19FN2O3S/c23-18-14-15(7-8-19(18)25-9-11-28-12-10-25)24-22(27)17-5-2-1-4-16(17)21(26)20-6-3-13-29-20/h1-8,13-14H,9-12H2,(H,24,27). The number of nitrogens with one attached hydrogen (secondary N) is 1. The predicted octanol–water partition coefficient (Wildman–Crippen LogP) is 4.21. The summed E-state index contributed by atoms with van der Waals surface area (Å²) < 4.78 is 19.9. The van der Waals surface area contributed by atoms with Crippen molar-refractivity contribution in [2.24, 2.45) is 0 Å². The lowest BCUT2D eigenvalue weighted by Gasteiger charge is -2.29. The maximum Gasteiger partial charge on any atom is 0.256 e. The lowest BCUT2D eigenvalue weighted by Crippen LogP contribution is -2.36. The van der Waals surface area contributed by atoms with Gasteiger partial charge in [0.1, 0.15) is 5.82 Å². The van der Waals surface area contributed by atoms with Crippen LogP contribution in [0.5, 0.6) is 0 Å². The summed E-state index contributed by atoms with van der Waals surface area (Å²) in [5.74, 6) is -1.07. The van der Waals surface area contributed by atoms with Crippen LogP contribution in [0.15, 0.2) is 60.0 Å². The van der Waals surface area contributed by atoms with E-state index in [4.69, 9.17) is 4.74 Å². The average molecular weight is 410 g/mol. The number of halogens is 1. The van der Waals surface area contributed by atoms with E-state index < -0.39 is 11.7 Å². The summed E-state index contributed by atoms with van der Waals surface area (Å²) >= 11 is 1.32. The van der Waals surface area contributed by atoms with Crippen molar-refractivity contribution in [1.29, 1.82) is 0 Å². The van der Waals surface area contributed by atoms with Gasteiger partial charge in [-0.15, -0.1) is 11.3 Å². The first-order chi connectivity index (χ1) is 14.1. The van der Waals surface area contributed by atoms with Crippen molar-refractivity contribution in [3.63, 3.8) is 0 Å². The third kappa shape index (κ3) is 4.21. The molecule has 1 fully saturated rings. The lowest BCUT2D eigenvalue weighted by atomic mass is 10.0. The number of ketones is 1. The first-order valence-electron chi connectivity index (χ1n) is 9.24. The SMILES string of the molecule is O=C(Nc1ccc(N2CCOCC2)c(F)c1)c1ccccc1C(=O)c1cccs1. The lowest BCUT2D eigenvalue weighted by molar-refractivity contribution is 0.0998. The van der Waals surface area contributed by atoms with E-state index in [1.54, 1.807) is 48.5 Å². The minimum absolute atomic E-state index is 0.209. The molecule has 2 heterocycles. The number of nitrogens with zero attached hydrogens (tertiary/aromatic N) is 1. The van der Waals surface area contributed by atoms with Crippen LogP contribution in [0.4, 0.5) is 15.8 Å². The number of carbonyl (C=O) groups is 2. The topological polar surface area (TPSA) is 58.6 Å². The van der Waals surface area contributed by atoms with E-state index in [9.17, 15) is 14.0 Å². The second kappa shape index (κ2) is 8.55. The molecule has 3 aromatic rings. The molecule has 1 aliphatic heterocycles. The van der Waals surface area contributed by atoms with E-state index in [1.165, 1.54) is 17.4 Å². The van der Waals surface area contributed by atoms with E-state index in [-0.39, 0.29) is 11.3 Å². The summed E-state index contributed by atoms with van der Waals surface area (Å²) in [6.45, 7) is 2.38. The van der Waals surface area contributed by atoms with Gasteiger partial charge >= 0.3 is 0 Å². The summed E-state index contributed by atoms with van der Waals surface area (Å²) in [7, 11) is 0. The van der Waals surface area contributed by atoms with E-state index in [0.29, 0.717) is 48.1 Å². The number of hydrogen-bond acceptors (Lipinski definition) is 5. The van der Waals surface area contributed by atoms with Gasteiger partial charge in [-0.25, -0.2) is 4.39 Å². The highest BCUT2D eigenvalue weighted by atomic mass is 32.1. The molecular formula is C22H19FN2O3S. The number of carbonyl (C=O) groups excluding carboxylic acids is 2. The fourth-order valence-electron chi connectivity index (χ4n) is 3.26. The molecular weight excluding hydrogens is 391 g/mol. The number of rotatable bonds is 5. The van der Waals surface area contributed by atoms with Crippen LogP contribution >= 0.6 is 11.3 Å². The van der Waals surface area contributed by atoms with Crippen LogP contribution in [0.2, 0.25) is 0 Å². The van der Waals surface area contributed by atoms with Gasteiger partial charge < -0.3 is 15.0 Å². The molecule has 5 nitrogen and oxygen atoms in total. The van der Waals surface area contributed by atoms with Crippen LogP contribution in [-0.2, 0) is 4.74 Å². The van der Waals surface area contributed by atoms with Gasteiger partial charge in [-0.05, 0) is 35.7 Å². The number of ether oxygens (including phenoxy) is 1. The monoisotopic (exact) mass is 410 g/mol. The van der Waals surface area contributed by atoms with Crippen LogP contribution < -0.4 is 10.2 Å². The predicted molar refractivity (Wildman–Crippen MR) is 112 cm³/mol. The molecule has 4 rings (SSSR count). The molecule has 1 aromatic heterocycles. The van der Waals surface area contributed by atoms with Crippen LogP contribution in [0.25, 0.3) is 0 Å². The highest BCUT2D eigenvalue weighted by Gasteiger charge is 2.20. The minimum Gasteiger partial charge on any atom is -0.378 e. The third-order valence-electron chi connectivity index (χ3n) is 4.72. The van der Waals surface area contributed by atoms with Gasteiger partial charge in [0, 0.05) is 24.3 Å². The third-order valence-corrected chi connectivity index (χ3v) is 5.59. The summed E-state index contributed by atoms with van der Waals surface area (Å²) in [6, 6.07) is 14.8. The van der Waals surface area contributed by atoms with Gasteiger partial charge in [-0.2, -0.15) is 0 Å².